The number of hydrogen-bond acceptors (Lipinski definition) is 5. The zero-order valence-corrected chi connectivity index (χ0v) is 15.9. The molecule has 1 spiro atoms. The zero-order valence-electron chi connectivity index (χ0n) is 15.9. The van der Waals surface area contributed by atoms with Crippen LogP contribution in [0.25, 0.3) is 0 Å². The van der Waals surface area contributed by atoms with Gasteiger partial charge in [0.1, 0.15) is 6.04 Å². The number of carbonyl (C=O) groups is 3. The molecule has 3 heterocycles. The molecule has 1 saturated carbocycles. The maximum Gasteiger partial charge on any atom is 0.255 e. The van der Waals surface area contributed by atoms with E-state index >= 15 is 0 Å². The van der Waals surface area contributed by atoms with E-state index in [1.807, 2.05) is 18.2 Å². The van der Waals surface area contributed by atoms with Gasteiger partial charge in [0.15, 0.2) is 0 Å². The van der Waals surface area contributed by atoms with E-state index in [2.05, 4.69) is 10.2 Å². The number of hydrogen-bond donors (Lipinski definition) is 2. The molecule has 3 amide bonds. The Morgan fingerprint density at radius 1 is 1.18 bits per heavy atom. The monoisotopic (exact) mass is 382 g/mol. The summed E-state index contributed by atoms with van der Waals surface area (Å²) in [6.45, 7) is 3.18. The first-order valence-electron chi connectivity index (χ1n) is 10.2. The van der Waals surface area contributed by atoms with E-state index < -0.39 is 6.04 Å². The lowest BCUT2D eigenvalue weighted by Gasteiger charge is -2.51. The van der Waals surface area contributed by atoms with E-state index in [9.17, 15) is 14.4 Å². The van der Waals surface area contributed by atoms with Crippen LogP contribution in [0.4, 0.5) is 0 Å². The van der Waals surface area contributed by atoms with Gasteiger partial charge < -0.3 is 10.6 Å². The van der Waals surface area contributed by atoms with Crippen LogP contribution in [0.5, 0.6) is 0 Å². The zero-order chi connectivity index (χ0) is 19.5. The van der Waals surface area contributed by atoms with E-state index in [1.54, 1.807) is 4.90 Å². The quantitative estimate of drug-likeness (QED) is 0.753. The molecule has 3 fully saturated rings. The van der Waals surface area contributed by atoms with Crippen LogP contribution in [0.1, 0.15) is 53.6 Å². The topological polar surface area (TPSA) is 95.7 Å². The van der Waals surface area contributed by atoms with Crippen molar-refractivity contribution in [2.75, 3.05) is 13.1 Å². The first-order chi connectivity index (χ1) is 13.5. The fraction of sp³-hybridized carbons (Fsp3) is 0.571. The van der Waals surface area contributed by atoms with Crippen molar-refractivity contribution in [2.45, 2.75) is 57.3 Å². The number of benzene rings is 1. The molecule has 7 heteroatoms. The number of likely N-dealkylation sites (tertiary alicyclic amines) is 1. The minimum absolute atomic E-state index is 0.0899. The fourth-order valence-corrected chi connectivity index (χ4v) is 5.58. The largest absolute Gasteiger partial charge is 0.327 e. The third kappa shape index (κ3) is 2.68. The summed E-state index contributed by atoms with van der Waals surface area (Å²) < 4.78 is 0. The highest BCUT2D eigenvalue weighted by molar-refractivity contribution is 6.05. The summed E-state index contributed by atoms with van der Waals surface area (Å²) in [6, 6.07) is 5.72. The molecule has 28 heavy (non-hydrogen) atoms. The van der Waals surface area contributed by atoms with E-state index in [0.717, 1.165) is 42.7 Å². The second-order valence-electron chi connectivity index (χ2n) is 8.86. The summed E-state index contributed by atoms with van der Waals surface area (Å²) in [4.78, 5) is 40.8. The lowest BCUT2D eigenvalue weighted by molar-refractivity contribution is -0.136. The number of imide groups is 1. The number of amides is 3. The standard InChI is InChI=1S/C21H26N4O3/c22-16-5-2-8-21(16)11-24(12-21)9-13-3-1-4-14-10-25(20(28)18(13)14)15-6-7-17(26)23-19(15)27/h1,3-4,15-16H,2,5-12,22H2,(H,23,26,27). The van der Waals surface area contributed by atoms with Crippen molar-refractivity contribution in [3.05, 3.63) is 34.9 Å². The first kappa shape index (κ1) is 17.8. The Balaban J connectivity index is 1.32. The van der Waals surface area contributed by atoms with E-state index in [-0.39, 0.29) is 29.6 Å². The Hall–Kier alpha value is -2.25. The predicted octanol–water partition coefficient (Wildman–Crippen LogP) is 0.761. The average Bonchev–Trinajstić information content (AvgIpc) is 3.16. The van der Waals surface area contributed by atoms with E-state index in [0.29, 0.717) is 19.0 Å². The van der Waals surface area contributed by atoms with Crippen molar-refractivity contribution in [2.24, 2.45) is 11.1 Å². The van der Waals surface area contributed by atoms with Crippen molar-refractivity contribution in [3.8, 4) is 0 Å². The number of fused-ring (bicyclic) bond motifs is 1. The molecule has 1 aromatic carbocycles. The molecule has 148 valence electrons. The third-order valence-corrected chi connectivity index (χ3v) is 7.09. The molecule has 1 aliphatic carbocycles. The molecule has 5 rings (SSSR count). The molecule has 4 aliphatic rings. The molecular weight excluding hydrogens is 356 g/mol. The van der Waals surface area contributed by atoms with Crippen molar-refractivity contribution in [1.82, 2.24) is 15.1 Å². The Kier molecular flexibility index (Phi) is 4.07. The smallest absolute Gasteiger partial charge is 0.255 e. The van der Waals surface area contributed by atoms with Crippen LogP contribution in [0.15, 0.2) is 18.2 Å². The van der Waals surface area contributed by atoms with Gasteiger partial charge in [0.25, 0.3) is 5.91 Å². The average molecular weight is 382 g/mol. The molecule has 2 atom stereocenters. The summed E-state index contributed by atoms with van der Waals surface area (Å²) in [5.41, 5.74) is 9.33. The van der Waals surface area contributed by atoms with E-state index in [1.165, 1.54) is 12.8 Å². The second kappa shape index (κ2) is 6.39. The highest BCUT2D eigenvalue weighted by atomic mass is 16.2. The van der Waals surface area contributed by atoms with Gasteiger partial charge in [-0.25, -0.2) is 0 Å². The van der Waals surface area contributed by atoms with Crippen LogP contribution in [-0.4, -0.2) is 52.7 Å². The molecule has 2 unspecified atom stereocenters. The SMILES string of the molecule is NC1CCCC12CN(Cc1cccc3c1C(=O)N(C1CCC(=O)NC1=O)C3)C2. The molecule has 1 aromatic rings. The van der Waals surface area contributed by atoms with Gasteiger partial charge in [-0.15, -0.1) is 0 Å². The van der Waals surface area contributed by atoms with Gasteiger partial charge in [-0.2, -0.15) is 0 Å². The van der Waals surface area contributed by atoms with Crippen molar-refractivity contribution in [1.29, 1.82) is 0 Å². The van der Waals surface area contributed by atoms with Gasteiger partial charge in [0, 0.05) is 49.6 Å². The fourth-order valence-electron chi connectivity index (χ4n) is 5.58. The third-order valence-electron chi connectivity index (χ3n) is 7.09. The van der Waals surface area contributed by atoms with Crippen LogP contribution < -0.4 is 11.1 Å². The molecule has 2 saturated heterocycles. The molecule has 7 nitrogen and oxygen atoms in total. The van der Waals surface area contributed by atoms with Gasteiger partial charge in [-0.05, 0) is 30.4 Å². The highest BCUT2D eigenvalue weighted by Crippen LogP contribution is 2.45. The number of nitrogens with one attached hydrogen (secondary N) is 1. The number of nitrogens with two attached hydrogens (primary N) is 1. The molecule has 3 N–H and O–H groups in total. The van der Waals surface area contributed by atoms with Crippen molar-refractivity contribution < 1.29 is 14.4 Å². The minimum atomic E-state index is -0.561. The van der Waals surface area contributed by atoms with Crippen LogP contribution in [-0.2, 0) is 22.7 Å². The highest BCUT2D eigenvalue weighted by Gasteiger charge is 2.50. The summed E-state index contributed by atoms with van der Waals surface area (Å²) in [5, 5.41) is 2.36. The second-order valence-corrected chi connectivity index (χ2v) is 8.86. The van der Waals surface area contributed by atoms with Gasteiger partial charge in [-0.1, -0.05) is 24.6 Å². The van der Waals surface area contributed by atoms with Gasteiger partial charge in [0.2, 0.25) is 11.8 Å². The van der Waals surface area contributed by atoms with Crippen molar-refractivity contribution >= 4 is 17.7 Å². The summed E-state index contributed by atoms with van der Waals surface area (Å²) >= 11 is 0. The van der Waals surface area contributed by atoms with Gasteiger partial charge >= 0.3 is 0 Å². The Morgan fingerprint density at radius 3 is 2.71 bits per heavy atom. The predicted molar refractivity (Wildman–Crippen MR) is 102 cm³/mol. The van der Waals surface area contributed by atoms with Crippen LogP contribution in [0, 0.1) is 5.41 Å². The van der Waals surface area contributed by atoms with E-state index in [4.69, 9.17) is 5.73 Å². The van der Waals surface area contributed by atoms with Crippen LogP contribution in [0.3, 0.4) is 0 Å². The lowest BCUT2D eigenvalue weighted by atomic mass is 9.75. The van der Waals surface area contributed by atoms with Crippen molar-refractivity contribution in [3.63, 3.8) is 0 Å². The molecule has 0 bridgehead atoms. The minimum Gasteiger partial charge on any atom is -0.327 e. The number of rotatable bonds is 3. The Labute approximate surface area is 164 Å². The Morgan fingerprint density at radius 2 is 2.00 bits per heavy atom. The van der Waals surface area contributed by atoms with Crippen LogP contribution >= 0.6 is 0 Å². The molecule has 3 aliphatic heterocycles. The lowest BCUT2D eigenvalue weighted by Crippen LogP contribution is -2.61. The summed E-state index contributed by atoms with van der Waals surface area (Å²) in [6.07, 6.45) is 4.22. The first-order valence-corrected chi connectivity index (χ1v) is 10.2. The molecular formula is C21H26N4O3. The van der Waals surface area contributed by atoms with Gasteiger partial charge in [-0.3, -0.25) is 24.6 Å². The maximum atomic E-state index is 13.2. The summed E-state index contributed by atoms with van der Waals surface area (Å²) in [7, 11) is 0. The van der Waals surface area contributed by atoms with Crippen LogP contribution in [0.2, 0.25) is 0 Å². The van der Waals surface area contributed by atoms with Gasteiger partial charge in [0.05, 0.1) is 0 Å². The number of piperidine rings is 1. The summed E-state index contributed by atoms with van der Waals surface area (Å²) in [5.74, 6) is -0.713. The normalized spacial score (nSPS) is 29.2. The number of carbonyl (C=O) groups excluding carboxylic acids is 3. The molecule has 0 aromatic heterocycles. The molecule has 0 radical (unpaired) electrons. The maximum absolute atomic E-state index is 13.2. The number of nitrogens with zero attached hydrogens (tertiary/aromatic N) is 2. The Bertz CT molecular complexity index is 861.